The van der Waals surface area contributed by atoms with Gasteiger partial charge < -0.3 is 10.8 Å². The Bertz CT molecular complexity index is 393. The van der Waals surface area contributed by atoms with Crippen LogP contribution in [0.15, 0.2) is 24.3 Å². The Hall–Kier alpha value is -1.35. The second-order valence-corrected chi connectivity index (χ2v) is 5.21. The minimum atomic E-state index is -0.848. The van der Waals surface area contributed by atoms with Gasteiger partial charge in [0.2, 0.25) is 0 Å². The summed E-state index contributed by atoms with van der Waals surface area (Å²) < 4.78 is 0. The van der Waals surface area contributed by atoms with Crippen LogP contribution in [0.4, 0.5) is 0 Å². The number of nitrogens with two attached hydrogens (primary N) is 1. The Kier molecular flexibility index (Phi) is 4.37. The average Bonchev–Trinajstić information content (AvgIpc) is 2.39. The SMILES string of the molecule is NC(CC(=O)O)c1ccc(C2CCCCC2)cc1. The summed E-state index contributed by atoms with van der Waals surface area (Å²) in [6.07, 6.45) is 6.55. The lowest BCUT2D eigenvalue weighted by molar-refractivity contribution is -0.137. The maximum Gasteiger partial charge on any atom is 0.305 e. The highest BCUT2D eigenvalue weighted by Gasteiger charge is 2.16. The molecule has 1 aliphatic rings. The molecule has 18 heavy (non-hydrogen) atoms. The van der Waals surface area contributed by atoms with E-state index in [4.69, 9.17) is 10.8 Å². The summed E-state index contributed by atoms with van der Waals surface area (Å²) in [5.74, 6) is -0.164. The van der Waals surface area contributed by atoms with Gasteiger partial charge in [-0.1, -0.05) is 43.5 Å². The fourth-order valence-electron chi connectivity index (χ4n) is 2.76. The molecule has 0 spiro atoms. The van der Waals surface area contributed by atoms with Crippen LogP contribution in [0.25, 0.3) is 0 Å². The molecule has 1 atom stereocenters. The molecule has 0 aromatic heterocycles. The number of rotatable bonds is 4. The molecule has 3 N–H and O–H groups in total. The molecule has 0 amide bonds. The average molecular weight is 247 g/mol. The third-order valence-electron chi connectivity index (χ3n) is 3.84. The number of hydrogen-bond donors (Lipinski definition) is 2. The van der Waals surface area contributed by atoms with Crippen molar-refractivity contribution in [3.8, 4) is 0 Å². The molecule has 1 aromatic carbocycles. The third kappa shape index (κ3) is 3.33. The van der Waals surface area contributed by atoms with Crippen molar-refractivity contribution in [2.45, 2.75) is 50.5 Å². The van der Waals surface area contributed by atoms with Gasteiger partial charge in [0.25, 0.3) is 0 Å². The molecule has 0 bridgehead atoms. The Morgan fingerprint density at radius 3 is 2.39 bits per heavy atom. The number of aliphatic carboxylic acids is 1. The molecule has 1 aliphatic carbocycles. The van der Waals surface area contributed by atoms with Crippen molar-refractivity contribution in [2.75, 3.05) is 0 Å². The first kappa shape index (κ1) is 13.1. The topological polar surface area (TPSA) is 63.3 Å². The molecular weight excluding hydrogens is 226 g/mol. The van der Waals surface area contributed by atoms with Gasteiger partial charge in [-0.25, -0.2) is 0 Å². The lowest BCUT2D eigenvalue weighted by Gasteiger charge is -2.22. The van der Waals surface area contributed by atoms with E-state index in [2.05, 4.69) is 12.1 Å². The molecule has 3 nitrogen and oxygen atoms in total. The summed E-state index contributed by atoms with van der Waals surface area (Å²) in [6.45, 7) is 0. The van der Waals surface area contributed by atoms with E-state index in [-0.39, 0.29) is 6.42 Å². The minimum absolute atomic E-state index is 0.0111. The van der Waals surface area contributed by atoms with Gasteiger partial charge in [0.1, 0.15) is 0 Å². The van der Waals surface area contributed by atoms with Crippen LogP contribution in [0.3, 0.4) is 0 Å². The lowest BCUT2D eigenvalue weighted by Crippen LogP contribution is -2.15. The largest absolute Gasteiger partial charge is 0.481 e. The van der Waals surface area contributed by atoms with Crippen LogP contribution in [0.2, 0.25) is 0 Å². The van der Waals surface area contributed by atoms with Gasteiger partial charge in [0.05, 0.1) is 6.42 Å². The fraction of sp³-hybridized carbons (Fsp3) is 0.533. The molecule has 2 rings (SSSR count). The van der Waals surface area contributed by atoms with Crippen molar-refractivity contribution in [3.05, 3.63) is 35.4 Å². The molecule has 1 aromatic rings. The van der Waals surface area contributed by atoms with Crippen LogP contribution in [0.5, 0.6) is 0 Å². The first-order valence-electron chi connectivity index (χ1n) is 6.74. The smallest absolute Gasteiger partial charge is 0.305 e. The van der Waals surface area contributed by atoms with Crippen molar-refractivity contribution in [2.24, 2.45) is 5.73 Å². The Labute approximate surface area is 108 Å². The van der Waals surface area contributed by atoms with Crippen molar-refractivity contribution >= 4 is 5.97 Å². The van der Waals surface area contributed by atoms with Gasteiger partial charge in [0.15, 0.2) is 0 Å². The lowest BCUT2D eigenvalue weighted by atomic mass is 9.83. The van der Waals surface area contributed by atoms with Crippen LogP contribution in [-0.2, 0) is 4.79 Å². The van der Waals surface area contributed by atoms with Crippen molar-refractivity contribution < 1.29 is 9.90 Å². The number of hydrogen-bond acceptors (Lipinski definition) is 2. The van der Waals surface area contributed by atoms with E-state index in [0.717, 1.165) is 5.56 Å². The number of benzene rings is 1. The van der Waals surface area contributed by atoms with E-state index in [1.807, 2.05) is 12.1 Å². The van der Waals surface area contributed by atoms with Gasteiger partial charge in [-0.15, -0.1) is 0 Å². The summed E-state index contributed by atoms with van der Waals surface area (Å²) in [7, 11) is 0. The standard InChI is InChI=1S/C15H21NO2/c16-14(10-15(17)18)13-8-6-12(7-9-13)11-4-2-1-3-5-11/h6-9,11,14H,1-5,10,16H2,(H,17,18). The van der Waals surface area contributed by atoms with Crippen LogP contribution in [0, 0.1) is 0 Å². The van der Waals surface area contributed by atoms with Gasteiger partial charge in [-0.3, -0.25) is 4.79 Å². The molecule has 1 fully saturated rings. The molecule has 3 heteroatoms. The Morgan fingerprint density at radius 2 is 1.83 bits per heavy atom. The highest BCUT2D eigenvalue weighted by molar-refractivity contribution is 5.67. The molecule has 1 saturated carbocycles. The molecule has 1 unspecified atom stereocenters. The maximum absolute atomic E-state index is 10.6. The zero-order chi connectivity index (χ0) is 13.0. The van der Waals surface area contributed by atoms with E-state index < -0.39 is 12.0 Å². The zero-order valence-electron chi connectivity index (χ0n) is 10.6. The molecule has 0 aliphatic heterocycles. The predicted molar refractivity (Wildman–Crippen MR) is 71.4 cm³/mol. The van der Waals surface area contributed by atoms with Gasteiger partial charge >= 0.3 is 5.97 Å². The van der Waals surface area contributed by atoms with Crippen molar-refractivity contribution in [1.82, 2.24) is 0 Å². The minimum Gasteiger partial charge on any atom is -0.481 e. The van der Waals surface area contributed by atoms with Crippen LogP contribution in [0.1, 0.15) is 61.6 Å². The number of carboxylic acids is 1. The summed E-state index contributed by atoms with van der Waals surface area (Å²) in [6, 6.07) is 7.80. The second-order valence-electron chi connectivity index (χ2n) is 5.21. The summed E-state index contributed by atoms with van der Waals surface area (Å²) in [4.78, 5) is 10.6. The summed E-state index contributed by atoms with van der Waals surface area (Å²) in [5, 5.41) is 8.72. The highest BCUT2D eigenvalue weighted by atomic mass is 16.4. The summed E-state index contributed by atoms with van der Waals surface area (Å²) >= 11 is 0. The Morgan fingerprint density at radius 1 is 1.22 bits per heavy atom. The van der Waals surface area contributed by atoms with E-state index in [1.165, 1.54) is 37.7 Å². The van der Waals surface area contributed by atoms with Crippen LogP contribution in [-0.4, -0.2) is 11.1 Å². The van der Waals surface area contributed by atoms with E-state index in [1.54, 1.807) is 0 Å². The van der Waals surface area contributed by atoms with Gasteiger partial charge in [-0.05, 0) is 29.9 Å². The van der Waals surface area contributed by atoms with Gasteiger partial charge in [0, 0.05) is 6.04 Å². The predicted octanol–water partition coefficient (Wildman–Crippen LogP) is 3.21. The normalized spacial score (nSPS) is 18.5. The molecule has 0 saturated heterocycles. The van der Waals surface area contributed by atoms with Crippen molar-refractivity contribution in [1.29, 1.82) is 0 Å². The van der Waals surface area contributed by atoms with Gasteiger partial charge in [-0.2, -0.15) is 0 Å². The fourth-order valence-corrected chi connectivity index (χ4v) is 2.76. The monoisotopic (exact) mass is 247 g/mol. The van der Waals surface area contributed by atoms with Crippen LogP contribution >= 0.6 is 0 Å². The third-order valence-corrected chi connectivity index (χ3v) is 3.84. The number of carboxylic acid groups (broad SMARTS) is 1. The molecular formula is C15H21NO2. The zero-order valence-corrected chi connectivity index (χ0v) is 10.6. The first-order chi connectivity index (χ1) is 8.66. The molecule has 0 radical (unpaired) electrons. The Balaban J connectivity index is 2.02. The van der Waals surface area contributed by atoms with Crippen molar-refractivity contribution in [3.63, 3.8) is 0 Å². The number of carbonyl (C=O) groups is 1. The quantitative estimate of drug-likeness (QED) is 0.858. The summed E-state index contributed by atoms with van der Waals surface area (Å²) in [5.41, 5.74) is 8.13. The first-order valence-corrected chi connectivity index (χ1v) is 6.74. The van der Waals surface area contributed by atoms with E-state index in [0.29, 0.717) is 5.92 Å². The van der Waals surface area contributed by atoms with E-state index in [9.17, 15) is 4.79 Å². The van der Waals surface area contributed by atoms with E-state index >= 15 is 0 Å². The van der Waals surface area contributed by atoms with Crippen LogP contribution < -0.4 is 5.73 Å². The highest BCUT2D eigenvalue weighted by Crippen LogP contribution is 2.32. The molecule has 0 heterocycles. The molecule has 98 valence electrons. The maximum atomic E-state index is 10.6. The second kappa shape index (κ2) is 6.01.